The smallest absolute Gasteiger partial charge is 0.255 e. The molecule has 0 saturated carbocycles. The van der Waals surface area contributed by atoms with Crippen LogP contribution in [0.4, 0.5) is 5.69 Å². The minimum atomic E-state index is -0.369. The summed E-state index contributed by atoms with van der Waals surface area (Å²) < 4.78 is 9.92. The van der Waals surface area contributed by atoms with Gasteiger partial charge in [-0.05, 0) is 6.07 Å². The van der Waals surface area contributed by atoms with Crippen LogP contribution in [-0.2, 0) is 6.54 Å². The Kier molecular flexibility index (Phi) is 5.80. The molecule has 2 rings (SSSR count). The van der Waals surface area contributed by atoms with E-state index in [0.29, 0.717) is 23.2 Å². The van der Waals surface area contributed by atoms with Crippen LogP contribution in [0.15, 0.2) is 16.7 Å². The third-order valence-corrected chi connectivity index (χ3v) is 2.87. The van der Waals surface area contributed by atoms with E-state index >= 15 is 0 Å². The Morgan fingerprint density at radius 1 is 1.52 bits per heavy atom. The summed E-state index contributed by atoms with van der Waals surface area (Å²) in [6.07, 6.45) is 0. The molecule has 2 aromatic rings. The summed E-state index contributed by atoms with van der Waals surface area (Å²) in [4.78, 5) is 16.1. The Morgan fingerprint density at radius 2 is 2.24 bits per heavy atom. The summed E-state index contributed by atoms with van der Waals surface area (Å²) >= 11 is 5.91. The Hall–Kier alpha value is -1.99. The van der Waals surface area contributed by atoms with Gasteiger partial charge < -0.3 is 20.3 Å². The van der Waals surface area contributed by atoms with E-state index in [1.807, 2.05) is 0 Å². The van der Waals surface area contributed by atoms with Gasteiger partial charge >= 0.3 is 0 Å². The van der Waals surface area contributed by atoms with Crippen LogP contribution < -0.4 is 15.8 Å². The van der Waals surface area contributed by atoms with Gasteiger partial charge in [0, 0.05) is 13.0 Å². The minimum Gasteiger partial charge on any atom is -0.496 e. The molecule has 7 nitrogen and oxygen atoms in total. The number of nitrogens with zero attached hydrogens (tertiary/aromatic N) is 2. The summed E-state index contributed by atoms with van der Waals surface area (Å²) in [6, 6.07) is 2.95. The van der Waals surface area contributed by atoms with Gasteiger partial charge in [-0.2, -0.15) is 4.98 Å². The Balaban J connectivity index is 0.00000220. The first-order valence-corrected chi connectivity index (χ1v) is 6.09. The molecule has 3 N–H and O–H groups in total. The van der Waals surface area contributed by atoms with Crippen molar-refractivity contribution in [3.63, 3.8) is 0 Å². The van der Waals surface area contributed by atoms with Crippen molar-refractivity contribution in [3.05, 3.63) is 34.4 Å². The van der Waals surface area contributed by atoms with Crippen molar-refractivity contribution in [2.75, 3.05) is 12.8 Å². The number of carbonyl (C=O) groups excluding carboxylic acids is 1. The second-order valence-corrected chi connectivity index (χ2v) is 4.39. The zero-order valence-corrected chi connectivity index (χ0v) is 12.9. The fraction of sp³-hybridized carbons (Fsp3) is 0.250. The van der Waals surface area contributed by atoms with E-state index in [9.17, 15) is 4.79 Å². The molecule has 114 valence electrons. The highest BCUT2D eigenvalue weighted by molar-refractivity contribution is 6.33. The first-order chi connectivity index (χ1) is 9.51. The van der Waals surface area contributed by atoms with E-state index in [2.05, 4.69) is 15.5 Å². The number of benzene rings is 1. The lowest BCUT2D eigenvalue weighted by Crippen LogP contribution is -2.24. The lowest BCUT2D eigenvalue weighted by molar-refractivity contribution is 0.0946. The molecule has 1 aromatic heterocycles. The number of aromatic nitrogens is 2. The van der Waals surface area contributed by atoms with Gasteiger partial charge in [0.1, 0.15) is 5.75 Å². The van der Waals surface area contributed by atoms with Crippen molar-refractivity contribution < 1.29 is 14.1 Å². The number of aryl methyl sites for hydroxylation is 1. The Morgan fingerprint density at radius 3 is 2.81 bits per heavy atom. The third kappa shape index (κ3) is 3.99. The molecule has 1 heterocycles. The minimum absolute atomic E-state index is 0. The van der Waals surface area contributed by atoms with Crippen molar-refractivity contribution in [1.29, 1.82) is 0 Å². The summed E-state index contributed by atoms with van der Waals surface area (Å²) in [7, 11) is 1.45. The summed E-state index contributed by atoms with van der Waals surface area (Å²) in [5, 5.41) is 6.61. The largest absolute Gasteiger partial charge is 0.496 e. The van der Waals surface area contributed by atoms with Crippen molar-refractivity contribution in [2.24, 2.45) is 0 Å². The quantitative estimate of drug-likeness (QED) is 0.829. The monoisotopic (exact) mass is 332 g/mol. The van der Waals surface area contributed by atoms with Crippen LogP contribution in [0, 0.1) is 6.92 Å². The number of methoxy groups -OCH3 is 1. The molecule has 0 atom stereocenters. The molecule has 1 aromatic carbocycles. The van der Waals surface area contributed by atoms with Crippen LogP contribution in [0.1, 0.15) is 22.1 Å². The number of ether oxygens (including phenoxy) is 1. The number of carbonyl (C=O) groups is 1. The predicted molar refractivity (Wildman–Crippen MR) is 79.9 cm³/mol. The highest BCUT2D eigenvalue weighted by Crippen LogP contribution is 2.28. The normalized spacial score (nSPS) is 9.86. The van der Waals surface area contributed by atoms with Crippen LogP contribution in [-0.4, -0.2) is 23.2 Å². The number of nitrogens with two attached hydrogens (primary N) is 1. The molecule has 1 amide bonds. The van der Waals surface area contributed by atoms with Gasteiger partial charge in [0.2, 0.25) is 5.89 Å². The second-order valence-electron chi connectivity index (χ2n) is 3.99. The lowest BCUT2D eigenvalue weighted by atomic mass is 10.1. The van der Waals surface area contributed by atoms with E-state index < -0.39 is 0 Å². The highest BCUT2D eigenvalue weighted by Gasteiger charge is 2.15. The molecule has 0 bridgehead atoms. The van der Waals surface area contributed by atoms with E-state index in [1.165, 1.54) is 19.2 Å². The molecule has 0 spiro atoms. The summed E-state index contributed by atoms with van der Waals surface area (Å²) in [5.41, 5.74) is 6.28. The van der Waals surface area contributed by atoms with Gasteiger partial charge in [0.25, 0.3) is 5.91 Å². The molecule has 0 aliphatic rings. The fourth-order valence-corrected chi connectivity index (χ4v) is 1.75. The number of amides is 1. The molecule has 0 aliphatic heterocycles. The molecule has 21 heavy (non-hydrogen) atoms. The summed E-state index contributed by atoms with van der Waals surface area (Å²) in [6.45, 7) is 1.81. The number of halogens is 2. The highest BCUT2D eigenvalue weighted by atomic mass is 35.5. The lowest BCUT2D eigenvalue weighted by Gasteiger charge is -2.10. The molecule has 0 aliphatic carbocycles. The van der Waals surface area contributed by atoms with Crippen LogP contribution in [0.3, 0.4) is 0 Å². The molecule has 0 radical (unpaired) electrons. The second kappa shape index (κ2) is 7.14. The van der Waals surface area contributed by atoms with Crippen molar-refractivity contribution in [1.82, 2.24) is 15.5 Å². The van der Waals surface area contributed by atoms with Crippen molar-refractivity contribution in [2.45, 2.75) is 13.5 Å². The number of hydrogen-bond acceptors (Lipinski definition) is 6. The maximum Gasteiger partial charge on any atom is 0.255 e. The first kappa shape index (κ1) is 17.1. The average Bonchev–Trinajstić information content (AvgIpc) is 2.84. The first-order valence-electron chi connectivity index (χ1n) is 5.71. The molecular formula is C12H14Cl2N4O3. The van der Waals surface area contributed by atoms with Gasteiger partial charge in [0.15, 0.2) is 5.82 Å². The number of nitrogen functional groups attached to an aromatic ring is 1. The van der Waals surface area contributed by atoms with Crippen LogP contribution >= 0.6 is 24.0 Å². The predicted octanol–water partition coefficient (Wildman–Crippen LogP) is 1.97. The van der Waals surface area contributed by atoms with Crippen molar-refractivity contribution >= 4 is 35.6 Å². The van der Waals surface area contributed by atoms with Gasteiger partial charge in [-0.25, -0.2) is 0 Å². The Labute approximate surface area is 132 Å². The van der Waals surface area contributed by atoms with Crippen LogP contribution in [0.5, 0.6) is 5.75 Å². The Bertz CT molecular complexity index is 645. The number of anilines is 1. The van der Waals surface area contributed by atoms with Crippen molar-refractivity contribution in [3.8, 4) is 5.75 Å². The molecular weight excluding hydrogens is 319 g/mol. The van der Waals surface area contributed by atoms with E-state index in [-0.39, 0.29) is 35.4 Å². The molecule has 0 saturated heterocycles. The van der Waals surface area contributed by atoms with Gasteiger partial charge in [-0.15, -0.1) is 12.4 Å². The zero-order chi connectivity index (χ0) is 14.7. The number of rotatable bonds is 4. The molecule has 0 fully saturated rings. The summed E-state index contributed by atoms with van der Waals surface area (Å²) in [5.74, 6) is 0.790. The molecule has 0 unspecified atom stereocenters. The number of nitrogens with one attached hydrogen (secondary N) is 1. The fourth-order valence-electron chi connectivity index (χ4n) is 1.58. The van der Waals surface area contributed by atoms with Gasteiger partial charge in [-0.3, -0.25) is 4.79 Å². The topological polar surface area (TPSA) is 103 Å². The third-order valence-electron chi connectivity index (χ3n) is 2.54. The maximum atomic E-state index is 12.1. The standard InChI is InChI=1S/C12H13ClN4O3.ClH/c1-6-16-11(17-20-6)5-15-12(18)7-3-8(13)9(14)4-10(7)19-2;/h3-4H,5,14H2,1-2H3,(H,15,18);1H. The van der Waals surface area contributed by atoms with Gasteiger partial charge in [-0.1, -0.05) is 16.8 Å². The average molecular weight is 333 g/mol. The zero-order valence-electron chi connectivity index (χ0n) is 11.3. The van der Waals surface area contributed by atoms with Crippen LogP contribution in [0.2, 0.25) is 5.02 Å². The van der Waals surface area contributed by atoms with E-state index in [4.69, 9.17) is 26.6 Å². The number of hydrogen-bond donors (Lipinski definition) is 2. The van der Waals surface area contributed by atoms with Crippen LogP contribution in [0.25, 0.3) is 0 Å². The maximum absolute atomic E-state index is 12.1. The van der Waals surface area contributed by atoms with E-state index in [0.717, 1.165) is 0 Å². The SMILES string of the molecule is COc1cc(N)c(Cl)cc1C(=O)NCc1noc(C)n1.Cl. The van der Waals surface area contributed by atoms with E-state index in [1.54, 1.807) is 6.92 Å². The van der Waals surface area contributed by atoms with Gasteiger partial charge in [0.05, 0.1) is 29.9 Å². The molecule has 9 heteroatoms.